The summed E-state index contributed by atoms with van der Waals surface area (Å²) >= 11 is 0. The third-order valence-electron chi connectivity index (χ3n) is 3.61. The smallest absolute Gasteiger partial charge is 0.316 e. The van der Waals surface area contributed by atoms with Crippen LogP contribution in [0.25, 0.3) is 0 Å². The monoisotopic (exact) mass is 307 g/mol. The number of rotatable bonds is 7. The summed E-state index contributed by atoms with van der Waals surface area (Å²) in [6.45, 7) is 3.66. The molecule has 0 radical (unpaired) electrons. The van der Waals surface area contributed by atoms with Crippen LogP contribution in [0.15, 0.2) is 24.3 Å². The summed E-state index contributed by atoms with van der Waals surface area (Å²) in [4.78, 5) is 34.2. The quantitative estimate of drug-likeness (QED) is 0.615. The molecule has 0 saturated carbocycles. The largest absolute Gasteiger partial charge is 0.481 e. The number of carbonyl (C=O) groups is 3. The summed E-state index contributed by atoms with van der Waals surface area (Å²) in [5.41, 5.74) is 4.96. The topological polar surface area (TPSA) is 122 Å². The number of nitrogens with one attached hydrogen (secondary N) is 2. The molecule has 0 atom stereocenters. The lowest BCUT2D eigenvalue weighted by Crippen LogP contribution is -2.49. The standard InChI is InChI=1S/C15H21N3O4/c1-3-15(4-2,9-12(19)20)18-13(21)10-6-5-7-11(8-10)17-14(16)22/h5-8H,3-4,9H2,1-2H3,(H,18,21)(H,19,20)(H3,16,17,22). The first-order chi connectivity index (χ1) is 10.3. The number of urea groups is 1. The Bertz CT molecular complexity index is 568. The minimum atomic E-state index is -0.965. The summed E-state index contributed by atoms with van der Waals surface area (Å²) < 4.78 is 0. The molecule has 0 saturated heterocycles. The van der Waals surface area contributed by atoms with Gasteiger partial charge in [-0.15, -0.1) is 0 Å². The van der Waals surface area contributed by atoms with Crippen LogP contribution in [0.3, 0.4) is 0 Å². The predicted octanol–water partition coefficient (Wildman–Crippen LogP) is 1.94. The van der Waals surface area contributed by atoms with Gasteiger partial charge in [0.1, 0.15) is 0 Å². The lowest BCUT2D eigenvalue weighted by Gasteiger charge is -2.31. The summed E-state index contributed by atoms with van der Waals surface area (Å²) in [5, 5.41) is 14.2. The fraction of sp³-hybridized carbons (Fsp3) is 0.400. The number of primary amides is 1. The number of carboxylic acid groups (broad SMARTS) is 1. The maximum atomic E-state index is 12.3. The molecule has 0 spiro atoms. The summed E-state index contributed by atoms with van der Waals surface area (Å²) in [6.07, 6.45) is 0.854. The lowest BCUT2D eigenvalue weighted by atomic mass is 9.88. The molecule has 0 aliphatic carbocycles. The molecule has 0 fully saturated rings. The van der Waals surface area contributed by atoms with Crippen molar-refractivity contribution in [3.8, 4) is 0 Å². The molecule has 1 rings (SSSR count). The number of amides is 3. The van der Waals surface area contributed by atoms with Crippen LogP contribution in [-0.4, -0.2) is 28.6 Å². The molecule has 0 aliphatic rings. The van der Waals surface area contributed by atoms with Crippen LogP contribution >= 0.6 is 0 Å². The van der Waals surface area contributed by atoms with E-state index in [0.717, 1.165) is 0 Å². The van der Waals surface area contributed by atoms with Gasteiger partial charge in [-0.05, 0) is 31.0 Å². The number of carbonyl (C=O) groups excluding carboxylic acids is 2. The van der Waals surface area contributed by atoms with Crippen molar-refractivity contribution in [1.82, 2.24) is 5.32 Å². The number of aliphatic carboxylic acids is 1. The first kappa shape index (κ1) is 17.5. The van der Waals surface area contributed by atoms with Crippen LogP contribution in [-0.2, 0) is 4.79 Å². The third-order valence-corrected chi connectivity index (χ3v) is 3.61. The molecule has 0 aromatic heterocycles. The maximum Gasteiger partial charge on any atom is 0.316 e. The first-order valence-corrected chi connectivity index (χ1v) is 7.02. The minimum Gasteiger partial charge on any atom is -0.481 e. The molecular formula is C15H21N3O4. The predicted molar refractivity (Wildman–Crippen MR) is 82.7 cm³/mol. The van der Waals surface area contributed by atoms with Crippen LogP contribution < -0.4 is 16.4 Å². The Hall–Kier alpha value is -2.57. The minimum absolute atomic E-state index is 0.148. The van der Waals surface area contributed by atoms with Crippen LogP contribution in [0.4, 0.5) is 10.5 Å². The molecule has 120 valence electrons. The van der Waals surface area contributed by atoms with Gasteiger partial charge < -0.3 is 21.5 Å². The van der Waals surface area contributed by atoms with Gasteiger partial charge in [0.15, 0.2) is 0 Å². The number of nitrogens with two attached hydrogens (primary N) is 1. The highest BCUT2D eigenvalue weighted by molar-refractivity contribution is 5.97. The van der Waals surface area contributed by atoms with E-state index >= 15 is 0 Å². The molecule has 0 unspecified atom stereocenters. The highest BCUT2D eigenvalue weighted by Crippen LogP contribution is 2.21. The van der Waals surface area contributed by atoms with Crippen molar-refractivity contribution < 1.29 is 19.5 Å². The van der Waals surface area contributed by atoms with Crippen LogP contribution in [0.2, 0.25) is 0 Å². The highest BCUT2D eigenvalue weighted by atomic mass is 16.4. The Morgan fingerprint density at radius 3 is 2.36 bits per heavy atom. The van der Waals surface area contributed by atoms with Gasteiger partial charge in [0.2, 0.25) is 0 Å². The summed E-state index contributed by atoms with van der Waals surface area (Å²) in [6, 6.07) is 5.55. The third kappa shape index (κ3) is 4.76. The van der Waals surface area contributed by atoms with Crippen molar-refractivity contribution in [1.29, 1.82) is 0 Å². The SMILES string of the molecule is CCC(CC)(CC(=O)O)NC(=O)c1cccc(NC(N)=O)c1. The zero-order valence-electron chi connectivity index (χ0n) is 12.7. The van der Waals surface area contributed by atoms with Gasteiger partial charge in [0.05, 0.1) is 12.0 Å². The van der Waals surface area contributed by atoms with E-state index in [9.17, 15) is 14.4 Å². The second-order valence-corrected chi connectivity index (χ2v) is 5.08. The van der Waals surface area contributed by atoms with Gasteiger partial charge in [-0.3, -0.25) is 9.59 Å². The number of hydrogen-bond donors (Lipinski definition) is 4. The maximum absolute atomic E-state index is 12.3. The normalized spacial score (nSPS) is 10.8. The first-order valence-electron chi connectivity index (χ1n) is 7.02. The number of benzene rings is 1. The number of anilines is 1. The fourth-order valence-corrected chi connectivity index (χ4v) is 2.20. The molecule has 7 nitrogen and oxygen atoms in total. The van der Waals surface area contributed by atoms with E-state index in [0.29, 0.717) is 24.1 Å². The second kappa shape index (κ2) is 7.44. The molecule has 0 heterocycles. The Morgan fingerprint density at radius 1 is 1.23 bits per heavy atom. The van der Waals surface area contributed by atoms with E-state index in [2.05, 4.69) is 10.6 Å². The highest BCUT2D eigenvalue weighted by Gasteiger charge is 2.31. The Labute approximate surface area is 128 Å². The Morgan fingerprint density at radius 2 is 1.86 bits per heavy atom. The van der Waals surface area contributed by atoms with Gasteiger partial charge in [-0.1, -0.05) is 19.9 Å². The van der Waals surface area contributed by atoms with Crippen molar-refractivity contribution >= 4 is 23.6 Å². The van der Waals surface area contributed by atoms with Crippen molar-refractivity contribution in [3.63, 3.8) is 0 Å². The number of hydrogen-bond acceptors (Lipinski definition) is 3. The van der Waals surface area contributed by atoms with Gasteiger partial charge >= 0.3 is 12.0 Å². The average Bonchev–Trinajstić information content (AvgIpc) is 2.45. The van der Waals surface area contributed by atoms with E-state index in [1.807, 2.05) is 13.8 Å². The van der Waals surface area contributed by atoms with Crippen molar-refractivity contribution in [3.05, 3.63) is 29.8 Å². The molecule has 1 aromatic rings. The van der Waals surface area contributed by atoms with Gasteiger partial charge in [-0.25, -0.2) is 4.79 Å². The fourth-order valence-electron chi connectivity index (χ4n) is 2.20. The molecule has 0 aliphatic heterocycles. The average molecular weight is 307 g/mol. The molecule has 0 bridgehead atoms. The zero-order chi connectivity index (χ0) is 16.8. The molecule has 5 N–H and O–H groups in total. The zero-order valence-corrected chi connectivity index (χ0v) is 12.7. The van der Waals surface area contributed by atoms with Gasteiger partial charge in [-0.2, -0.15) is 0 Å². The van der Waals surface area contributed by atoms with E-state index in [1.165, 1.54) is 6.07 Å². The van der Waals surface area contributed by atoms with Crippen molar-refractivity contribution in [2.45, 2.75) is 38.6 Å². The van der Waals surface area contributed by atoms with Crippen LogP contribution in [0, 0.1) is 0 Å². The molecule has 7 heteroatoms. The van der Waals surface area contributed by atoms with E-state index in [-0.39, 0.29) is 6.42 Å². The van der Waals surface area contributed by atoms with E-state index < -0.39 is 23.4 Å². The van der Waals surface area contributed by atoms with Crippen LogP contribution in [0.1, 0.15) is 43.5 Å². The molecule has 1 aromatic carbocycles. The molecule has 3 amide bonds. The second-order valence-electron chi connectivity index (χ2n) is 5.08. The van der Waals surface area contributed by atoms with Gasteiger partial charge in [0.25, 0.3) is 5.91 Å². The summed E-state index contributed by atoms with van der Waals surface area (Å²) in [5.74, 6) is -1.36. The van der Waals surface area contributed by atoms with E-state index in [1.54, 1.807) is 18.2 Å². The number of carboxylic acids is 1. The molecular weight excluding hydrogens is 286 g/mol. The molecule has 22 heavy (non-hydrogen) atoms. The van der Waals surface area contributed by atoms with Crippen LogP contribution in [0.5, 0.6) is 0 Å². The van der Waals surface area contributed by atoms with Crippen molar-refractivity contribution in [2.75, 3.05) is 5.32 Å². The summed E-state index contributed by atoms with van der Waals surface area (Å²) in [7, 11) is 0. The van der Waals surface area contributed by atoms with Gasteiger partial charge in [0, 0.05) is 11.3 Å². The lowest BCUT2D eigenvalue weighted by molar-refractivity contribution is -0.138. The van der Waals surface area contributed by atoms with Crippen molar-refractivity contribution in [2.24, 2.45) is 5.73 Å². The Balaban J connectivity index is 2.94. The van der Waals surface area contributed by atoms with E-state index in [4.69, 9.17) is 10.8 Å². The Kier molecular flexibility index (Phi) is 5.91.